The van der Waals surface area contributed by atoms with Gasteiger partial charge in [-0.2, -0.15) is 5.10 Å². The van der Waals surface area contributed by atoms with Crippen molar-refractivity contribution < 1.29 is 9.59 Å². The molecule has 2 aliphatic rings. The molecule has 2 atom stereocenters. The Bertz CT molecular complexity index is 853. The molecule has 1 unspecified atom stereocenters. The lowest BCUT2D eigenvalue weighted by Gasteiger charge is -2.20. The zero-order valence-corrected chi connectivity index (χ0v) is 15.2. The fourth-order valence-electron chi connectivity index (χ4n) is 3.76. The molecule has 0 spiro atoms. The molecule has 0 aliphatic carbocycles. The topological polar surface area (TPSA) is 97.9 Å². The molecule has 0 saturated heterocycles. The van der Waals surface area contributed by atoms with Crippen molar-refractivity contribution in [2.75, 3.05) is 11.9 Å². The van der Waals surface area contributed by atoms with Crippen molar-refractivity contribution in [2.45, 2.75) is 51.7 Å². The van der Waals surface area contributed by atoms with Crippen LogP contribution >= 0.6 is 0 Å². The highest BCUT2D eigenvalue weighted by Gasteiger charge is 2.33. The van der Waals surface area contributed by atoms with E-state index in [1.807, 2.05) is 4.68 Å². The first-order chi connectivity index (χ1) is 12.5. The van der Waals surface area contributed by atoms with E-state index in [-0.39, 0.29) is 17.8 Å². The lowest BCUT2D eigenvalue weighted by Crippen LogP contribution is -2.47. The van der Waals surface area contributed by atoms with Gasteiger partial charge in [-0.05, 0) is 18.8 Å². The quantitative estimate of drug-likeness (QED) is 0.875. The summed E-state index contributed by atoms with van der Waals surface area (Å²) in [5.74, 6) is 1.59. The maximum Gasteiger partial charge on any atom is 0.291 e. The minimum absolute atomic E-state index is 0.141. The number of nitrogens with zero attached hydrogens (tertiary/aromatic N) is 6. The van der Waals surface area contributed by atoms with Crippen LogP contribution in [-0.4, -0.2) is 49.4 Å². The van der Waals surface area contributed by atoms with E-state index >= 15 is 0 Å². The highest BCUT2D eigenvalue weighted by atomic mass is 16.2. The van der Waals surface area contributed by atoms with Crippen molar-refractivity contribution in [3.8, 4) is 0 Å². The minimum atomic E-state index is -0.617. The Kier molecular flexibility index (Phi) is 4.01. The molecule has 138 valence electrons. The van der Waals surface area contributed by atoms with Gasteiger partial charge in [0, 0.05) is 26.1 Å². The Morgan fingerprint density at radius 2 is 2.15 bits per heavy atom. The SMILES string of the molecule is CC(C)C1CCc2nc(C(=O)N[C@H]3CCn4nccc4N(C)C3=O)nn21. The van der Waals surface area contributed by atoms with Crippen LogP contribution in [0.15, 0.2) is 12.3 Å². The molecule has 26 heavy (non-hydrogen) atoms. The van der Waals surface area contributed by atoms with E-state index in [1.165, 1.54) is 4.90 Å². The highest BCUT2D eigenvalue weighted by Crippen LogP contribution is 2.30. The zero-order valence-electron chi connectivity index (χ0n) is 15.2. The molecular weight excluding hydrogens is 334 g/mol. The van der Waals surface area contributed by atoms with Crippen molar-refractivity contribution in [2.24, 2.45) is 5.92 Å². The third-order valence-electron chi connectivity index (χ3n) is 5.25. The predicted molar refractivity (Wildman–Crippen MR) is 93.7 cm³/mol. The minimum Gasteiger partial charge on any atom is -0.337 e. The number of amides is 2. The van der Waals surface area contributed by atoms with Crippen molar-refractivity contribution >= 4 is 17.6 Å². The molecular formula is C17H23N7O2. The second-order valence-electron chi connectivity index (χ2n) is 7.27. The molecule has 0 bridgehead atoms. The van der Waals surface area contributed by atoms with Gasteiger partial charge in [-0.1, -0.05) is 13.8 Å². The maximum absolute atomic E-state index is 12.7. The summed E-state index contributed by atoms with van der Waals surface area (Å²) in [6, 6.07) is 1.45. The van der Waals surface area contributed by atoms with Crippen LogP contribution in [0.25, 0.3) is 0 Å². The second-order valence-corrected chi connectivity index (χ2v) is 7.27. The van der Waals surface area contributed by atoms with Crippen LogP contribution < -0.4 is 10.2 Å². The Hall–Kier alpha value is -2.71. The molecule has 9 heteroatoms. The zero-order chi connectivity index (χ0) is 18.4. The van der Waals surface area contributed by atoms with E-state index in [0.29, 0.717) is 18.9 Å². The number of hydrogen-bond acceptors (Lipinski definition) is 5. The first kappa shape index (κ1) is 16.7. The Morgan fingerprint density at radius 3 is 2.92 bits per heavy atom. The van der Waals surface area contributed by atoms with Crippen LogP contribution in [0.4, 0.5) is 5.82 Å². The first-order valence-electron chi connectivity index (χ1n) is 9.01. The predicted octanol–water partition coefficient (Wildman–Crippen LogP) is 0.783. The van der Waals surface area contributed by atoms with E-state index in [2.05, 4.69) is 34.3 Å². The third kappa shape index (κ3) is 2.67. The van der Waals surface area contributed by atoms with Crippen LogP contribution in [0, 0.1) is 5.92 Å². The van der Waals surface area contributed by atoms with E-state index in [0.717, 1.165) is 24.5 Å². The van der Waals surface area contributed by atoms with Crippen LogP contribution in [0.3, 0.4) is 0 Å². The van der Waals surface area contributed by atoms with Crippen LogP contribution in [0.5, 0.6) is 0 Å². The van der Waals surface area contributed by atoms with Crippen molar-refractivity contribution in [3.05, 3.63) is 23.9 Å². The lowest BCUT2D eigenvalue weighted by atomic mass is 10.0. The summed E-state index contributed by atoms with van der Waals surface area (Å²) >= 11 is 0. The van der Waals surface area contributed by atoms with Gasteiger partial charge in [0.1, 0.15) is 17.7 Å². The number of carbonyl (C=O) groups excluding carboxylic acids is 2. The fraction of sp³-hybridized carbons (Fsp3) is 0.588. The van der Waals surface area contributed by atoms with Crippen LogP contribution in [-0.2, 0) is 17.8 Å². The number of fused-ring (bicyclic) bond motifs is 2. The molecule has 4 rings (SSSR count). The van der Waals surface area contributed by atoms with Crippen LogP contribution in [0.1, 0.15) is 49.2 Å². The van der Waals surface area contributed by atoms with Gasteiger partial charge in [0.15, 0.2) is 0 Å². The number of aryl methyl sites for hydroxylation is 2. The normalized spacial score (nSPS) is 22.3. The summed E-state index contributed by atoms with van der Waals surface area (Å²) in [6.07, 6.45) is 3.98. The van der Waals surface area contributed by atoms with Gasteiger partial charge < -0.3 is 5.32 Å². The largest absolute Gasteiger partial charge is 0.337 e. The van der Waals surface area contributed by atoms with Gasteiger partial charge in [0.05, 0.1) is 12.2 Å². The maximum atomic E-state index is 12.7. The third-order valence-corrected chi connectivity index (χ3v) is 5.25. The number of nitrogens with one attached hydrogen (secondary N) is 1. The van der Waals surface area contributed by atoms with E-state index in [4.69, 9.17) is 0 Å². The summed E-state index contributed by atoms with van der Waals surface area (Å²) in [7, 11) is 1.69. The number of rotatable bonds is 3. The van der Waals surface area contributed by atoms with Gasteiger partial charge in [-0.3, -0.25) is 14.5 Å². The molecule has 2 amide bonds. The number of aromatic nitrogens is 5. The summed E-state index contributed by atoms with van der Waals surface area (Å²) in [6.45, 7) is 4.85. The van der Waals surface area contributed by atoms with Gasteiger partial charge in [-0.25, -0.2) is 14.3 Å². The Labute approximate surface area is 151 Å². The fourth-order valence-corrected chi connectivity index (χ4v) is 3.76. The van der Waals surface area contributed by atoms with Gasteiger partial charge in [-0.15, -0.1) is 5.10 Å². The number of likely N-dealkylation sites (N-methyl/N-ethyl adjacent to an activating group) is 1. The molecule has 9 nitrogen and oxygen atoms in total. The molecule has 2 aromatic heterocycles. The van der Waals surface area contributed by atoms with Crippen molar-refractivity contribution in [1.82, 2.24) is 29.9 Å². The Morgan fingerprint density at radius 1 is 1.35 bits per heavy atom. The summed E-state index contributed by atoms with van der Waals surface area (Å²) in [5, 5.41) is 11.4. The van der Waals surface area contributed by atoms with Gasteiger partial charge >= 0.3 is 0 Å². The molecule has 2 aliphatic heterocycles. The second kappa shape index (κ2) is 6.22. The smallest absolute Gasteiger partial charge is 0.291 e. The standard InChI is InChI=1S/C17H23N7O2/c1-10(2)12-4-5-13-20-15(21-24(12)13)16(25)19-11-7-9-23-14(6-8-18-23)22(3)17(11)26/h6,8,10-12H,4-5,7,9H2,1-3H3,(H,19,25)/t11-,12?/m0/s1. The molecule has 4 heterocycles. The van der Waals surface area contributed by atoms with E-state index in [1.54, 1.807) is 24.0 Å². The molecule has 0 aromatic carbocycles. The summed E-state index contributed by atoms with van der Waals surface area (Å²) in [5.41, 5.74) is 0. The van der Waals surface area contributed by atoms with Crippen LogP contribution in [0.2, 0.25) is 0 Å². The van der Waals surface area contributed by atoms with Crippen molar-refractivity contribution in [1.29, 1.82) is 0 Å². The molecule has 0 saturated carbocycles. The van der Waals surface area contributed by atoms with Gasteiger partial charge in [0.25, 0.3) is 11.8 Å². The Balaban J connectivity index is 1.50. The monoisotopic (exact) mass is 357 g/mol. The number of anilines is 1. The van der Waals surface area contributed by atoms with E-state index in [9.17, 15) is 9.59 Å². The van der Waals surface area contributed by atoms with Gasteiger partial charge in [0.2, 0.25) is 5.82 Å². The highest BCUT2D eigenvalue weighted by molar-refractivity contribution is 6.00. The number of hydrogen-bond donors (Lipinski definition) is 1. The molecule has 0 fully saturated rings. The molecule has 2 aromatic rings. The summed E-state index contributed by atoms with van der Waals surface area (Å²) < 4.78 is 3.64. The number of carbonyl (C=O) groups is 2. The average Bonchev–Trinajstić information content (AvgIpc) is 3.29. The summed E-state index contributed by atoms with van der Waals surface area (Å²) in [4.78, 5) is 31.2. The van der Waals surface area contributed by atoms with Crippen molar-refractivity contribution in [3.63, 3.8) is 0 Å². The first-order valence-corrected chi connectivity index (χ1v) is 9.01. The van der Waals surface area contributed by atoms with E-state index < -0.39 is 11.9 Å². The molecule has 0 radical (unpaired) electrons. The average molecular weight is 357 g/mol. The molecule has 1 N–H and O–H groups in total. The lowest BCUT2D eigenvalue weighted by molar-refractivity contribution is -0.120.